The highest BCUT2D eigenvalue weighted by atomic mass is 16.5. The van der Waals surface area contributed by atoms with E-state index >= 15 is 0 Å². The summed E-state index contributed by atoms with van der Waals surface area (Å²) in [7, 11) is 3.25. The van der Waals surface area contributed by atoms with Gasteiger partial charge in [0.05, 0.1) is 25.9 Å². The maximum atomic E-state index is 9.00. The van der Waals surface area contributed by atoms with Crippen molar-refractivity contribution in [1.82, 2.24) is 9.97 Å². The molecule has 3 rings (SSSR count). The molecule has 7 nitrogen and oxygen atoms in total. The predicted octanol–water partition coefficient (Wildman–Crippen LogP) is 3.76. The van der Waals surface area contributed by atoms with Gasteiger partial charge >= 0.3 is 0 Å². The van der Waals surface area contributed by atoms with Crippen molar-refractivity contribution >= 4 is 17.3 Å². The van der Waals surface area contributed by atoms with Crippen molar-refractivity contribution in [3.8, 4) is 17.6 Å². The van der Waals surface area contributed by atoms with E-state index in [4.69, 9.17) is 14.7 Å². The average molecular weight is 375 g/mol. The van der Waals surface area contributed by atoms with Crippen LogP contribution in [0.5, 0.6) is 11.5 Å². The Morgan fingerprint density at radius 3 is 2.57 bits per heavy atom. The molecule has 0 radical (unpaired) electrons. The largest absolute Gasteiger partial charge is 0.493 e. The molecule has 0 fully saturated rings. The SMILES string of the molecule is COc1ccc(CCNc2cc(Nc3cccc(C#N)c3)ncn2)cc1OC. The van der Waals surface area contributed by atoms with Gasteiger partial charge in [0, 0.05) is 18.3 Å². The van der Waals surface area contributed by atoms with Crippen LogP contribution in [0, 0.1) is 11.3 Å². The fourth-order valence-corrected chi connectivity index (χ4v) is 2.71. The second-order valence-electron chi connectivity index (χ2n) is 5.97. The number of nitriles is 1. The number of rotatable bonds is 8. The van der Waals surface area contributed by atoms with E-state index in [1.54, 1.807) is 26.4 Å². The summed E-state index contributed by atoms with van der Waals surface area (Å²) in [4.78, 5) is 8.47. The van der Waals surface area contributed by atoms with E-state index in [1.807, 2.05) is 36.4 Å². The minimum absolute atomic E-state index is 0.590. The zero-order valence-corrected chi connectivity index (χ0v) is 15.8. The van der Waals surface area contributed by atoms with Gasteiger partial charge in [-0.3, -0.25) is 0 Å². The molecule has 0 saturated heterocycles. The van der Waals surface area contributed by atoms with Crippen LogP contribution in [0.3, 0.4) is 0 Å². The number of benzene rings is 2. The van der Waals surface area contributed by atoms with Crippen LogP contribution < -0.4 is 20.1 Å². The van der Waals surface area contributed by atoms with Gasteiger partial charge in [-0.05, 0) is 42.3 Å². The Hall–Kier alpha value is -3.79. The highest BCUT2D eigenvalue weighted by Crippen LogP contribution is 2.27. The number of methoxy groups -OCH3 is 2. The van der Waals surface area contributed by atoms with Gasteiger partial charge in [-0.2, -0.15) is 5.26 Å². The van der Waals surface area contributed by atoms with Gasteiger partial charge in [-0.25, -0.2) is 9.97 Å². The molecule has 0 unspecified atom stereocenters. The van der Waals surface area contributed by atoms with Crippen molar-refractivity contribution in [1.29, 1.82) is 5.26 Å². The topological polar surface area (TPSA) is 92.1 Å². The highest BCUT2D eigenvalue weighted by Gasteiger charge is 2.05. The molecule has 2 N–H and O–H groups in total. The molecule has 0 bridgehead atoms. The Bertz CT molecular complexity index is 985. The normalized spacial score (nSPS) is 10.0. The van der Waals surface area contributed by atoms with Crippen LogP contribution in [-0.4, -0.2) is 30.7 Å². The number of nitrogens with one attached hydrogen (secondary N) is 2. The van der Waals surface area contributed by atoms with Gasteiger partial charge in [0.25, 0.3) is 0 Å². The third-order valence-electron chi connectivity index (χ3n) is 4.10. The Morgan fingerprint density at radius 2 is 1.79 bits per heavy atom. The maximum absolute atomic E-state index is 9.00. The number of hydrogen-bond acceptors (Lipinski definition) is 7. The summed E-state index contributed by atoms with van der Waals surface area (Å²) < 4.78 is 10.6. The fourth-order valence-electron chi connectivity index (χ4n) is 2.71. The van der Waals surface area contributed by atoms with Gasteiger partial charge in [0.2, 0.25) is 0 Å². The number of anilines is 3. The van der Waals surface area contributed by atoms with E-state index in [2.05, 4.69) is 26.7 Å². The van der Waals surface area contributed by atoms with Crippen molar-refractivity contribution in [2.24, 2.45) is 0 Å². The van der Waals surface area contributed by atoms with Gasteiger partial charge in [0.15, 0.2) is 11.5 Å². The lowest BCUT2D eigenvalue weighted by atomic mass is 10.1. The van der Waals surface area contributed by atoms with Crippen LogP contribution in [0.2, 0.25) is 0 Å². The summed E-state index contributed by atoms with van der Waals surface area (Å²) in [5.74, 6) is 2.80. The molecule has 3 aromatic rings. The predicted molar refractivity (Wildman–Crippen MR) is 108 cm³/mol. The van der Waals surface area contributed by atoms with Gasteiger partial charge in [-0.1, -0.05) is 12.1 Å². The Morgan fingerprint density at radius 1 is 0.964 bits per heavy atom. The molecule has 7 heteroatoms. The molecule has 1 heterocycles. The molecule has 0 atom stereocenters. The smallest absolute Gasteiger partial charge is 0.160 e. The first-order valence-corrected chi connectivity index (χ1v) is 8.76. The summed E-state index contributed by atoms with van der Waals surface area (Å²) >= 11 is 0. The number of aromatic nitrogens is 2. The molecule has 0 aliphatic carbocycles. The lowest BCUT2D eigenvalue weighted by molar-refractivity contribution is 0.354. The van der Waals surface area contributed by atoms with Crippen LogP contribution in [0.4, 0.5) is 17.3 Å². The standard InChI is InChI=1S/C21H21N5O2/c1-27-18-7-6-15(11-19(18)28-2)8-9-23-20-12-21(25-14-24-20)26-17-5-3-4-16(10-17)13-22/h3-7,10-12,14H,8-9H2,1-2H3,(H2,23,24,25,26). The summed E-state index contributed by atoms with van der Waals surface area (Å²) in [6.07, 6.45) is 2.30. The quantitative estimate of drug-likeness (QED) is 0.619. The molecule has 142 valence electrons. The Balaban J connectivity index is 1.60. The van der Waals surface area contributed by atoms with Gasteiger partial charge in [-0.15, -0.1) is 0 Å². The molecule has 0 aliphatic rings. The molecular formula is C21H21N5O2. The first-order valence-electron chi connectivity index (χ1n) is 8.76. The highest BCUT2D eigenvalue weighted by molar-refractivity contribution is 5.60. The molecule has 28 heavy (non-hydrogen) atoms. The third-order valence-corrected chi connectivity index (χ3v) is 4.10. The van der Waals surface area contributed by atoms with Gasteiger partial charge in [0.1, 0.15) is 18.0 Å². The van der Waals surface area contributed by atoms with Crippen molar-refractivity contribution < 1.29 is 9.47 Å². The van der Waals surface area contributed by atoms with Crippen molar-refractivity contribution in [2.45, 2.75) is 6.42 Å². The second kappa shape index (κ2) is 9.24. The third kappa shape index (κ3) is 4.89. The van der Waals surface area contributed by atoms with E-state index in [1.165, 1.54) is 6.33 Å². The van der Waals surface area contributed by atoms with E-state index in [-0.39, 0.29) is 0 Å². The molecular weight excluding hydrogens is 354 g/mol. The van der Waals surface area contributed by atoms with E-state index in [9.17, 15) is 0 Å². The number of ether oxygens (including phenoxy) is 2. The molecule has 2 aromatic carbocycles. The van der Waals surface area contributed by atoms with Gasteiger partial charge < -0.3 is 20.1 Å². The zero-order valence-electron chi connectivity index (χ0n) is 15.8. The fraction of sp³-hybridized carbons (Fsp3) is 0.190. The van der Waals surface area contributed by atoms with Crippen molar-refractivity contribution in [2.75, 3.05) is 31.4 Å². The van der Waals surface area contributed by atoms with Crippen molar-refractivity contribution in [3.05, 3.63) is 66.0 Å². The lowest BCUT2D eigenvalue weighted by Gasteiger charge is -2.11. The summed E-state index contributed by atoms with van der Waals surface area (Å²) in [6.45, 7) is 0.704. The maximum Gasteiger partial charge on any atom is 0.160 e. The summed E-state index contributed by atoms with van der Waals surface area (Å²) in [6, 6.07) is 17.1. The van der Waals surface area contributed by atoms with Crippen molar-refractivity contribution in [3.63, 3.8) is 0 Å². The number of nitrogens with zero attached hydrogens (tertiary/aromatic N) is 3. The van der Waals surface area contributed by atoms with E-state index < -0.39 is 0 Å². The molecule has 0 saturated carbocycles. The van der Waals surface area contributed by atoms with Crippen LogP contribution in [0.1, 0.15) is 11.1 Å². The minimum atomic E-state index is 0.590. The number of hydrogen-bond donors (Lipinski definition) is 2. The summed E-state index contributed by atoms with van der Waals surface area (Å²) in [5.41, 5.74) is 2.52. The van der Waals surface area contributed by atoms with E-state index in [0.29, 0.717) is 29.4 Å². The second-order valence-corrected chi connectivity index (χ2v) is 5.97. The Kier molecular flexibility index (Phi) is 6.26. The first-order chi connectivity index (χ1) is 13.7. The molecule has 0 amide bonds. The van der Waals surface area contributed by atoms with Crippen LogP contribution in [0.15, 0.2) is 54.9 Å². The van der Waals surface area contributed by atoms with E-state index in [0.717, 1.165) is 23.5 Å². The average Bonchev–Trinajstić information content (AvgIpc) is 2.74. The molecule has 1 aromatic heterocycles. The minimum Gasteiger partial charge on any atom is -0.493 e. The first kappa shape index (κ1) is 19.0. The molecule has 0 aliphatic heterocycles. The lowest BCUT2D eigenvalue weighted by Crippen LogP contribution is -2.07. The Labute approximate surface area is 164 Å². The van der Waals surface area contributed by atoms with Crippen LogP contribution >= 0.6 is 0 Å². The summed E-state index contributed by atoms with van der Waals surface area (Å²) in [5, 5.41) is 15.5. The monoisotopic (exact) mass is 375 g/mol. The zero-order chi connectivity index (χ0) is 19.8. The molecule has 0 spiro atoms. The van der Waals surface area contributed by atoms with Crippen LogP contribution in [-0.2, 0) is 6.42 Å². The van der Waals surface area contributed by atoms with Crippen LogP contribution in [0.25, 0.3) is 0 Å².